The van der Waals surface area contributed by atoms with Crippen LogP contribution < -0.4 is 10.6 Å². The van der Waals surface area contributed by atoms with Crippen LogP contribution in [-0.4, -0.2) is 41.5 Å². The van der Waals surface area contributed by atoms with Crippen LogP contribution in [0.15, 0.2) is 36.4 Å². The van der Waals surface area contributed by atoms with E-state index < -0.39 is 6.09 Å². The second-order valence-corrected chi connectivity index (χ2v) is 10.4. The van der Waals surface area contributed by atoms with E-state index in [0.717, 1.165) is 24.9 Å². The van der Waals surface area contributed by atoms with Crippen LogP contribution in [0.4, 0.5) is 10.6 Å². The first-order valence-corrected chi connectivity index (χ1v) is 12.0. The number of ether oxygens (including phenoxy) is 1. The van der Waals surface area contributed by atoms with E-state index >= 15 is 0 Å². The number of fused-ring (bicyclic) bond motifs is 1. The minimum atomic E-state index is -0.623. The summed E-state index contributed by atoms with van der Waals surface area (Å²) in [7, 11) is 0. The highest BCUT2D eigenvalue weighted by atomic mass is 35.5. The number of piperidine rings is 1. The van der Waals surface area contributed by atoms with Crippen LogP contribution >= 0.6 is 24.0 Å². The fourth-order valence-electron chi connectivity index (χ4n) is 3.97. The maximum absolute atomic E-state index is 13.0. The smallest absolute Gasteiger partial charge is 0.435 e. The summed E-state index contributed by atoms with van der Waals surface area (Å²) in [5.41, 5.74) is 2.17. The number of nitriles is 1. The van der Waals surface area contributed by atoms with Gasteiger partial charge in [0.25, 0.3) is 0 Å². The van der Waals surface area contributed by atoms with Gasteiger partial charge in [-0.2, -0.15) is 9.94 Å². The number of rotatable bonds is 4. The molecule has 2 heterocycles. The zero-order valence-electron chi connectivity index (χ0n) is 20.4. The van der Waals surface area contributed by atoms with Crippen molar-refractivity contribution in [3.8, 4) is 17.2 Å². The average Bonchev–Trinajstić information content (AvgIpc) is 3.20. The minimum Gasteiger partial charge on any atom is -0.447 e. The van der Waals surface area contributed by atoms with Crippen LogP contribution in [0.1, 0.15) is 39.2 Å². The van der Waals surface area contributed by atoms with E-state index in [1.165, 1.54) is 4.68 Å². The number of amides is 1. The summed E-state index contributed by atoms with van der Waals surface area (Å²) in [5, 5.41) is 20.9. The second kappa shape index (κ2) is 11.3. The highest BCUT2D eigenvalue weighted by molar-refractivity contribution is 6.33. The van der Waals surface area contributed by atoms with Gasteiger partial charge in [0.1, 0.15) is 0 Å². The second-order valence-electron chi connectivity index (χ2n) is 9.95. The molecule has 190 valence electrons. The van der Waals surface area contributed by atoms with Crippen molar-refractivity contribution in [2.24, 2.45) is 11.3 Å². The molecule has 1 fully saturated rings. The Morgan fingerprint density at radius 2 is 2.06 bits per heavy atom. The van der Waals surface area contributed by atoms with Gasteiger partial charge in [0.15, 0.2) is 5.82 Å². The van der Waals surface area contributed by atoms with Gasteiger partial charge in [0.05, 0.1) is 29.7 Å². The molecule has 0 aliphatic carbocycles. The molecular weight excluding hydrogens is 501 g/mol. The zero-order valence-corrected chi connectivity index (χ0v) is 22.0. The molecule has 1 aliphatic rings. The minimum absolute atomic E-state index is 0. The molecule has 0 spiro atoms. The Labute approximate surface area is 221 Å². The maximum Gasteiger partial charge on any atom is 0.435 e. The first-order valence-electron chi connectivity index (χ1n) is 11.6. The third-order valence-corrected chi connectivity index (χ3v) is 6.13. The molecule has 3 aromatic rings. The van der Waals surface area contributed by atoms with E-state index in [4.69, 9.17) is 16.3 Å². The van der Waals surface area contributed by atoms with Crippen molar-refractivity contribution < 1.29 is 14.3 Å². The highest BCUT2D eigenvalue weighted by Crippen LogP contribution is 2.34. The molecule has 0 bridgehead atoms. The third kappa shape index (κ3) is 6.16. The summed E-state index contributed by atoms with van der Waals surface area (Å²) in [5.74, 6) is -0.0545. The lowest BCUT2D eigenvalue weighted by molar-refractivity contribution is -0.120. The number of hydrogen-bond acceptors (Lipinski definition) is 6. The zero-order chi connectivity index (χ0) is 25.2. The van der Waals surface area contributed by atoms with E-state index in [1.807, 2.05) is 26.8 Å². The molecule has 1 aromatic heterocycles. The van der Waals surface area contributed by atoms with Crippen molar-refractivity contribution in [3.05, 3.63) is 47.0 Å². The Bertz CT molecular complexity index is 1320. The van der Waals surface area contributed by atoms with Gasteiger partial charge < -0.3 is 15.4 Å². The molecule has 1 saturated heterocycles. The van der Waals surface area contributed by atoms with Gasteiger partial charge in [-0.3, -0.25) is 4.79 Å². The Morgan fingerprint density at radius 1 is 1.28 bits per heavy atom. The Morgan fingerprint density at radius 3 is 2.72 bits per heavy atom. The maximum atomic E-state index is 13.0. The lowest BCUT2D eigenvalue weighted by atomic mass is 9.98. The van der Waals surface area contributed by atoms with E-state index in [1.54, 1.807) is 30.3 Å². The number of anilines is 1. The van der Waals surface area contributed by atoms with Crippen molar-refractivity contribution in [1.29, 1.82) is 5.26 Å². The summed E-state index contributed by atoms with van der Waals surface area (Å²) in [6.07, 6.45) is 1.08. The fourth-order valence-corrected chi connectivity index (χ4v) is 4.19. The van der Waals surface area contributed by atoms with Crippen LogP contribution in [0.3, 0.4) is 0 Å². The molecule has 0 saturated carbocycles. The standard InChI is InChI=1S/C26H28ClN5O3.ClH/c1-26(2,3)15-35-25(34)32-22-9-7-17(19-11-16(13-28)6-8-21(19)27)12-20(22)23(31-32)30-24(33)18-5-4-10-29-14-18;/h6-9,11-12,18,29H,4-5,10,14-15H2,1-3H3,(H,30,31,33);1H/t18-;/m1./s1. The van der Waals surface area contributed by atoms with Crippen LogP contribution in [0, 0.1) is 22.7 Å². The van der Waals surface area contributed by atoms with Gasteiger partial charge in [0, 0.05) is 22.5 Å². The van der Waals surface area contributed by atoms with Crippen LogP contribution in [0.5, 0.6) is 0 Å². The third-order valence-electron chi connectivity index (χ3n) is 5.80. The van der Waals surface area contributed by atoms with Crippen LogP contribution in [0.2, 0.25) is 5.02 Å². The van der Waals surface area contributed by atoms with Crippen molar-refractivity contribution in [2.45, 2.75) is 33.6 Å². The van der Waals surface area contributed by atoms with E-state index in [2.05, 4.69) is 21.8 Å². The van der Waals surface area contributed by atoms with E-state index in [0.29, 0.717) is 33.6 Å². The fraction of sp³-hybridized carbons (Fsp3) is 0.385. The lowest BCUT2D eigenvalue weighted by Gasteiger charge is -2.21. The Kier molecular flexibility index (Phi) is 8.62. The van der Waals surface area contributed by atoms with Gasteiger partial charge in [-0.05, 0) is 60.7 Å². The number of nitrogens with zero attached hydrogens (tertiary/aromatic N) is 3. The molecule has 1 atom stereocenters. The van der Waals surface area contributed by atoms with E-state index in [-0.39, 0.29) is 42.1 Å². The summed E-state index contributed by atoms with van der Waals surface area (Å²) in [6, 6.07) is 12.5. The van der Waals surface area contributed by atoms with Gasteiger partial charge in [-0.15, -0.1) is 17.5 Å². The summed E-state index contributed by atoms with van der Waals surface area (Å²) < 4.78 is 6.65. The average molecular weight is 530 g/mol. The molecule has 2 aromatic carbocycles. The largest absolute Gasteiger partial charge is 0.447 e. The predicted octanol–water partition coefficient (Wildman–Crippen LogP) is 5.62. The number of hydrogen-bond donors (Lipinski definition) is 2. The Balaban J connectivity index is 0.00000361. The number of nitrogens with one attached hydrogen (secondary N) is 2. The first-order chi connectivity index (χ1) is 16.7. The molecule has 1 amide bonds. The molecule has 2 N–H and O–H groups in total. The number of aromatic nitrogens is 2. The molecule has 0 radical (unpaired) electrons. The Hall–Kier alpha value is -3.12. The van der Waals surface area contributed by atoms with E-state index in [9.17, 15) is 14.9 Å². The number of carbonyl (C=O) groups is 2. The topological polar surface area (TPSA) is 109 Å². The summed E-state index contributed by atoms with van der Waals surface area (Å²) in [6.45, 7) is 7.62. The summed E-state index contributed by atoms with van der Waals surface area (Å²) in [4.78, 5) is 25.9. The quantitative estimate of drug-likeness (QED) is 0.453. The van der Waals surface area contributed by atoms with Gasteiger partial charge >= 0.3 is 6.09 Å². The molecule has 10 heteroatoms. The van der Waals surface area contributed by atoms with Crippen molar-refractivity contribution in [3.63, 3.8) is 0 Å². The number of carbonyl (C=O) groups excluding carboxylic acids is 2. The number of halogens is 2. The van der Waals surface area contributed by atoms with Gasteiger partial charge in [0.2, 0.25) is 5.91 Å². The highest BCUT2D eigenvalue weighted by Gasteiger charge is 2.25. The van der Waals surface area contributed by atoms with Crippen LogP contribution in [0.25, 0.3) is 22.0 Å². The van der Waals surface area contributed by atoms with Crippen molar-refractivity contribution >= 4 is 52.7 Å². The number of benzene rings is 2. The molecule has 36 heavy (non-hydrogen) atoms. The predicted molar refractivity (Wildman–Crippen MR) is 143 cm³/mol. The lowest BCUT2D eigenvalue weighted by Crippen LogP contribution is -2.37. The SMILES string of the molecule is CC(C)(C)COC(=O)n1nc(NC(=O)[C@@H]2CCCNC2)c2cc(-c3cc(C#N)ccc3Cl)ccc21.Cl. The van der Waals surface area contributed by atoms with Gasteiger partial charge in [-0.1, -0.05) is 38.4 Å². The molecule has 4 rings (SSSR count). The molecule has 8 nitrogen and oxygen atoms in total. The first kappa shape index (κ1) is 27.5. The normalized spacial score (nSPS) is 15.6. The molecular formula is C26H29Cl2N5O3. The van der Waals surface area contributed by atoms with Gasteiger partial charge in [-0.25, -0.2) is 4.79 Å². The van der Waals surface area contributed by atoms with Crippen molar-refractivity contribution in [2.75, 3.05) is 25.0 Å². The molecule has 0 unspecified atom stereocenters. The van der Waals surface area contributed by atoms with Crippen LogP contribution in [-0.2, 0) is 9.53 Å². The molecule has 1 aliphatic heterocycles. The summed E-state index contributed by atoms with van der Waals surface area (Å²) >= 11 is 6.42. The van der Waals surface area contributed by atoms with Crippen molar-refractivity contribution in [1.82, 2.24) is 15.1 Å². The monoisotopic (exact) mass is 529 g/mol.